The lowest BCUT2D eigenvalue weighted by Crippen LogP contribution is -2.21. The molecule has 1 rings (SSSR count). The van der Waals surface area contributed by atoms with Gasteiger partial charge in [0.15, 0.2) is 0 Å². The number of aromatic amines is 1. The van der Waals surface area contributed by atoms with Crippen LogP contribution in [0.5, 0.6) is 5.75 Å². The normalized spacial score (nSPS) is 11.9. The van der Waals surface area contributed by atoms with Gasteiger partial charge in [-0.2, -0.15) is 0 Å². The number of H-pyrrole nitrogens is 1. The van der Waals surface area contributed by atoms with E-state index in [1.165, 1.54) is 0 Å². The second-order valence-corrected chi connectivity index (χ2v) is 2.89. The van der Waals surface area contributed by atoms with E-state index in [9.17, 15) is 26.7 Å². The summed E-state index contributed by atoms with van der Waals surface area (Å²) in [6.07, 6.45) is -8.29. The molecule has 1 heterocycles. The van der Waals surface area contributed by atoms with Crippen molar-refractivity contribution >= 4 is 0 Å². The molecular formula is C8H6F5NO2. The largest absolute Gasteiger partial charge is 0.573 e. The molecule has 3 nitrogen and oxygen atoms in total. The molecule has 0 aliphatic carbocycles. The molecule has 1 aromatic heterocycles. The van der Waals surface area contributed by atoms with Crippen molar-refractivity contribution in [2.24, 2.45) is 0 Å². The number of ether oxygens (including phenoxy) is 1. The quantitative estimate of drug-likeness (QED) is 0.811. The lowest BCUT2D eigenvalue weighted by Gasteiger charge is -2.13. The van der Waals surface area contributed by atoms with E-state index in [1.807, 2.05) is 4.98 Å². The maximum Gasteiger partial charge on any atom is 0.573 e. The van der Waals surface area contributed by atoms with Gasteiger partial charge in [-0.15, -0.1) is 13.2 Å². The van der Waals surface area contributed by atoms with Crippen molar-refractivity contribution in [3.63, 3.8) is 0 Å². The molecule has 0 spiro atoms. The standard InChI is InChI=1S/C8H6F5NO2/c1-3-6(7(9)10)4(2-5(15)14-3)16-8(11,12)13/h2,7H,1H3,(H,14,15). The lowest BCUT2D eigenvalue weighted by molar-refractivity contribution is -0.275. The molecule has 8 heteroatoms. The SMILES string of the molecule is Cc1[nH]c(=O)cc(OC(F)(F)F)c1C(F)F. The maximum absolute atomic E-state index is 12.4. The number of alkyl halides is 5. The fourth-order valence-electron chi connectivity index (χ4n) is 1.15. The van der Waals surface area contributed by atoms with Crippen molar-refractivity contribution in [2.75, 3.05) is 0 Å². The van der Waals surface area contributed by atoms with E-state index in [0.717, 1.165) is 6.92 Å². The highest BCUT2D eigenvalue weighted by Gasteiger charge is 2.34. The zero-order valence-electron chi connectivity index (χ0n) is 7.86. The summed E-state index contributed by atoms with van der Waals surface area (Å²) in [5.41, 5.74) is -2.28. The molecule has 0 atom stereocenters. The number of aryl methyl sites for hydroxylation is 1. The summed E-state index contributed by atoms with van der Waals surface area (Å²) in [6.45, 7) is 1.06. The Hall–Kier alpha value is -1.60. The number of rotatable bonds is 2. The van der Waals surface area contributed by atoms with Crippen molar-refractivity contribution in [2.45, 2.75) is 19.7 Å². The molecule has 0 aliphatic rings. The summed E-state index contributed by atoms with van der Waals surface area (Å²) in [6, 6.07) is 0.335. The molecule has 1 aromatic rings. The van der Waals surface area contributed by atoms with Crippen LogP contribution in [0.2, 0.25) is 0 Å². The molecule has 16 heavy (non-hydrogen) atoms. The lowest BCUT2D eigenvalue weighted by atomic mass is 10.2. The van der Waals surface area contributed by atoms with Gasteiger partial charge in [-0.1, -0.05) is 0 Å². The Morgan fingerprint density at radius 2 is 1.94 bits per heavy atom. The number of halogens is 5. The fraction of sp³-hybridized carbons (Fsp3) is 0.375. The third-order valence-electron chi connectivity index (χ3n) is 1.69. The van der Waals surface area contributed by atoms with Crippen LogP contribution >= 0.6 is 0 Å². The van der Waals surface area contributed by atoms with E-state index in [0.29, 0.717) is 6.07 Å². The van der Waals surface area contributed by atoms with E-state index in [-0.39, 0.29) is 5.69 Å². The van der Waals surface area contributed by atoms with Crippen molar-refractivity contribution in [1.82, 2.24) is 4.98 Å². The van der Waals surface area contributed by atoms with Gasteiger partial charge in [0.1, 0.15) is 5.75 Å². The van der Waals surface area contributed by atoms with Crippen LogP contribution in [0, 0.1) is 6.92 Å². The number of hydrogen-bond donors (Lipinski definition) is 1. The third-order valence-corrected chi connectivity index (χ3v) is 1.69. The predicted molar refractivity (Wildman–Crippen MR) is 43.4 cm³/mol. The minimum atomic E-state index is -5.12. The van der Waals surface area contributed by atoms with Crippen molar-refractivity contribution < 1.29 is 26.7 Å². The topological polar surface area (TPSA) is 42.1 Å². The van der Waals surface area contributed by atoms with Gasteiger partial charge < -0.3 is 9.72 Å². The van der Waals surface area contributed by atoms with Crippen LogP contribution in [-0.4, -0.2) is 11.3 Å². The average molecular weight is 243 g/mol. The molecule has 90 valence electrons. The van der Waals surface area contributed by atoms with Crippen molar-refractivity contribution in [3.8, 4) is 5.75 Å². The first-order chi connectivity index (χ1) is 7.20. The van der Waals surface area contributed by atoms with Gasteiger partial charge in [-0.3, -0.25) is 4.79 Å². The zero-order valence-corrected chi connectivity index (χ0v) is 7.86. The monoisotopic (exact) mass is 243 g/mol. The summed E-state index contributed by atoms with van der Waals surface area (Å²) in [5.74, 6) is -1.18. The van der Waals surface area contributed by atoms with E-state index in [4.69, 9.17) is 0 Å². The van der Waals surface area contributed by atoms with Crippen LogP contribution in [0.4, 0.5) is 22.0 Å². The number of pyridine rings is 1. The molecule has 0 unspecified atom stereocenters. The van der Waals surface area contributed by atoms with Crippen LogP contribution in [0.3, 0.4) is 0 Å². The fourth-order valence-corrected chi connectivity index (χ4v) is 1.15. The molecule has 0 saturated heterocycles. The summed E-state index contributed by atoms with van der Waals surface area (Å²) in [4.78, 5) is 12.8. The predicted octanol–water partition coefficient (Wildman–Crippen LogP) is 2.52. The highest BCUT2D eigenvalue weighted by molar-refractivity contribution is 5.36. The second kappa shape index (κ2) is 4.11. The Bertz CT molecular complexity index is 437. The average Bonchev–Trinajstić information content (AvgIpc) is 1.96. The van der Waals surface area contributed by atoms with Gasteiger partial charge in [0.05, 0.1) is 5.56 Å². The van der Waals surface area contributed by atoms with E-state index in [2.05, 4.69) is 4.74 Å². The van der Waals surface area contributed by atoms with Crippen LogP contribution in [0.25, 0.3) is 0 Å². The minimum Gasteiger partial charge on any atom is -0.405 e. The summed E-state index contributed by atoms with van der Waals surface area (Å²) >= 11 is 0. The second-order valence-electron chi connectivity index (χ2n) is 2.89. The summed E-state index contributed by atoms with van der Waals surface area (Å²) in [5, 5.41) is 0. The molecule has 0 aliphatic heterocycles. The van der Waals surface area contributed by atoms with Gasteiger partial charge in [0.2, 0.25) is 0 Å². The third kappa shape index (κ3) is 2.94. The molecule has 0 fully saturated rings. The van der Waals surface area contributed by atoms with E-state index >= 15 is 0 Å². The first-order valence-corrected chi connectivity index (χ1v) is 3.98. The smallest absolute Gasteiger partial charge is 0.405 e. The van der Waals surface area contributed by atoms with Crippen molar-refractivity contribution in [3.05, 3.63) is 27.7 Å². The van der Waals surface area contributed by atoms with Gasteiger partial charge in [-0.05, 0) is 6.92 Å². The first-order valence-electron chi connectivity index (χ1n) is 3.98. The van der Waals surface area contributed by atoms with Gasteiger partial charge >= 0.3 is 6.36 Å². The Labute approximate surface area is 85.8 Å². The Kier molecular flexibility index (Phi) is 3.20. The Morgan fingerprint density at radius 3 is 2.38 bits per heavy atom. The van der Waals surface area contributed by atoms with Gasteiger partial charge in [0.25, 0.3) is 12.0 Å². The van der Waals surface area contributed by atoms with Crippen LogP contribution in [0.1, 0.15) is 17.7 Å². The zero-order chi connectivity index (χ0) is 12.5. The van der Waals surface area contributed by atoms with Crippen LogP contribution in [0.15, 0.2) is 10.9 Å². The number of aromatic nitrogens is 1. The summed E-state index contributed by atoms with van der Waals surface area (Å²) < 4.78 is 63.8. The number of hydrogen-bond acceptors (Lipinski definition) is 2. The molecule has 0 bridgehead atoms. The van der Waals surface area contributed by atoms with Gasteiger partial charge in [-0.25, -0.2) is 8.78 Å². The number of nitrogens with one attached hydrogen (secondary N) is 1. The Balaban J connectivity index is 3.30. The van der Waals surface area contributed by atoms with Crippen LogP contribution < -0.4 is 10.3 Å². The minimum absolute atomic E-state index is 0.335. The van der Waals surface area contributed by atoms with Crippen LogP contribution in [-0.2, 0) is 0 Å². The van der Waals surface area contributed by atoms with E-state index < -0.39 is 29.7 Å². The van der Waals surface area contributed by atoms with E-state index in [1.54, 1.807) is 0 Å². The highest BCUT2D eigenvalue weighted by atomic mass is 19.4. The first kappa shape index (κ1) is 12.5. The molecule has 0 aromatic carbocycles. The molecule has 0 radical (unpaired) electrons. The highest BCUT2D eigenvalue weighted by Crippen LogP contribution is 2.33. The summed E-state index contributed by atoms with van der Waals surface area (Å²) in [7, 11) is 0. The molecule has 1 N–H and O–H groups in total. The van der Waals surface area contributed by atoms with Crippen molar-refractivity contribution in [1.29, 1.82) is 0 Å². The Morgan fingerprint density at radius 1 is 1.38 bits per heavy atom. The molecule has 0 amide bonds. The maximum atomic E-state index is 12.4. The molecular weight excluding hydrogens is 237 g/mol. The molecule has 0 saturated carbocycles. The van der Waals surface area contributed by atoms with Gasteiger partial charge in [0, 0.05) is 11.8 Å².